The van der Waals surface area contributed by atoms with Crippen LogP contribution in [0.2, 0.25) is 0 Å². The average molecular weight is 317 g/mol. The lowest BCUT2D eigenvalue weighted by Crippen LogP contribution is -2.32. The molecule has 124 valence electrons. The fourth-order valence-electron chi connectivity index (χ4n) is 1.90. The number of hydrogen-bond acceptors (Lipinski definition) is 4. The van der Waals surface area contributed by atoms with E-state index in [1.54, 1.807) is 12.1 Å². The van der Waals surface area contributed by atoms with E-state index in [2.05, 4.69) is 12.1 Å². The summed E-state index contributed by atoms with van der Waals surface area (Å²) in [7, 11) is 0. The van der Waals surface area contributed by atoms with Crippen LogP contribution in [0.3, 0.4) is 0 Å². The van der Waals surface area contributed by atoms with Crippen LogP contribution in [0.1, 0.15) is 17.5 Å². The normalized spacial score (nSPS) is 11.2. The molecule has 0 aliphatic carbocycles. The quantitative estimate of drug-likeness (QED) is 0.652. The van der Waals surface area contributed by atoms with E-state index in [4.69, 9.17) is 21.1 Å². The zero-order chi connectivity index (χ0) is 17.1. The molecule has 2 rings (SSSR count). The Hall–Kier alpha value is -2.37. The number of carboxylic acids is 1. The molecule has 0 saturated carbocycles. The van der Waals surface area contributed by atoms with Crippen molar-refractivity contribution in [3.8, 4) is 5.75 Å². The summed E-state index contributed by atoms with van der Waals surface area (Å²) in [6, 6.07) is 15.6. The third-order valence-corrected chi connectivity index (χ3v) is 3.18. The lowest BCUT2D eigenvalue weighted by molar-refractivity contribution is -0.138. The second-order valence-corrected chi connectivity index (χ2v) is 5.13. The van der Waals surface area contributed by atoms with Crippen molar-refractivity contribution in [3.05, 3.63) is 65.7 Å². The molecule has 0 aliphatic heterocycles. The van der Waals surface area contributed by atoms with Crippen molar-refractivity contribution in [3.63, 3.8) is 0 Å². The minimum absolute atomic E-state index is 0.160. The molecule has 5 nitrogen and oxygen atoms in total. The third-order valence-electron chi connectivity index (χ3n) is 3.18. The van der Waals surface area contributed by atoms with Gasteiger partial charge in [0.1, 0.15) is 11.8 Å². The molecule has 2 aromatic rings. The van der Waals surface area contributed by atoms with Crippen LogP contribution in [0, 0.1) is 0 Å². The Labute approximate surface area is 136 Å². The highest BCUT2D eigenvalue weighted by Crippen LogP contribution is 2.10. The van der Waals surface area contributed by atoms with Gasteiger partial charge in [-0.15, -0.1) is 0 Å². The minimum Gasteiger partial charge on any atom is -0.508 e. The molecule has 0 bridgehead atoms. The van der Waals surface area contributed by atoms with E-state index in [1.807, 2.05) is 18.2 Å². The second-order valence-electron chi connectivity index (χ2n) is 5.13. The van der Waals surface area contributed by atoms with Crippen molar-refractivity contribution in [1.82, 2.24) is 0 Å². The van der Waals surface area contributed by atoms with Crippen molar-refractivity contribution in [2.24, 2.45) is 5.73 Å². The summed E-state index contributed by atoms with van der Waals surface area (Å²) in [5.41, 5.74) is 7.43. The number of phenolic OH excluding ortho intramolecular Hbond substituents is 1. The number of aliphatic carboxylic acids is 1. The predicted molar refractivity (Wildman–Crippen MR) is 89.3 cm³/mol. The summed E-state index contributed by atoms with van der Waals surface area (Å²) in [6.45, 7) is 0.287. The van der Waals surface area contributed by atoms with Crippen LogP contribution in [0.15, 0.2) is 54.6 Å². The van der Waals surface area contributed by atoms with Crippen LogP contribution in [-0.2, 0) is 17.6 Å². The molecule has 1 atom stereocenters. The molecule has 0 fully saturated rings. The summed E-state index contributed by atoms with van der Waals surface area (Å²) in [6.07, 6.45) is 2.12. The number of aliphatic hydroxyl groups excluding tert-OH is 1. The van der Waals surface area contributed by atoms with Gasteiger partial charge in [-0.25, -0.2) is 0 Å². The molecule has 0 radical (unpaired) electrons. The maximum atomic E-state index is 10.4. The molecule has 0 saturated heterocycles. The molecule has 2 aromatic carbocycles. The standard InChI is InChI=1S/C9H11NO3.C9H12O/c10-8(9(12)13)5-6-1-3-7(11)4-2-6;10-8-4-7-9-5-2-1-3-6-9/h1-4,8,11H,5,10H2,(H,12,13);1-3,5-6,10H,4,7-8H2/t8-;/m0./s1. The van der Waals surface area contributed by atoms with Gasteiger partial charge in [0.05, 0.1) is 0 Å². The number of aryl methyl sites for hydroxylation is 1. The van der Waals surface area contributed by atoms with Crippen LogP contribution in [0.5, 0.6) is 5.75 Å². The maximum Gasteiger partial charge on any atom is 0.320 e. The maximum absolute atomic E-state index is 10.4. The first kappa shape index (κ1) is 18.7. The highest BCUT2D eigenvalue weighted by atomic mass is 16.4. The number of aromatic hydroxyl groups is 1. The molecule has 23 heavy (non-hydrogen) atoms. The summed E-state index contributed by atoms with van der Waals surface area (Å²) >= 11 is 0. The monoisotopic (exact) mass is 317 g/mol. The summed E-state index contributed by atoms with van der Waals surface area (Å²) < 4.78 is 0. The van der Waals surface area contributed by atoms with Gasteiger partial charge < -0.3 is 21.1 Å². The van der Waals surface area contributed by atoms with E-state index >= 15 is 0 Å². The van der Waals surface area contributed by atoms with Crippen molar-refractivity contribution in [2.45, 2.75) is 25.3 Å². The highest BCUT2D eigenvalue weighted by molar-refractivity contribution is 5.73. The Morgan fingerprint density at radius 2 is 1.61 bits per heavy atom. The fourth-order valence-corrected chi connectivity index (χ4v) is 1.90. The van der Waals surface area contributed by atoms with Gasteiger partial charge in [-0.05, 0) is 42.5 Å². The second kappa shape index (κ2) is 10.4. The smallest absolute Gasteiger partial charge is 0.320 e. The molecule has 5 N–H and O–H groups in total. The van der Waals surface area contributed by atoms with Crippen molar-refractivity contribution in [2.75, 3.05) is 6.61 Å². The van der Waals surface area contributed by atoms with E-state index in [0.717, 1.165) is 18.4 Å². The topological polar surface area (TPSA) is 104 Å². The Kier molecular flexibility index (Phi) is 8.42. The third kappa shape index (κ3) is 7.99. The highest BCUT2D eigenvalue weighted by Gasteiger charge is 2.11. The first-order valence-corrected chi connectivity index (χ1v) is 7.44. The fraction of sp³-hybridized carbons (Fsp3) is 0.278. The van der Waals surface area contributed by atoms with E-state index in [1.165, 1.54) is 17.7 Å². The molecule has 0 heterocycles. The van der Waals surface area contributed by atoms with Crippen molar-refractivity contribution >= 4 is 5.97 Å². The summed E-state index contributed by atoms with van der Waals surface area (Å²) in [5, 5.41) is 26.0. The number of phenols is 1. The van der Waals surface area contributed by atoms with Gasteiger partial charge in [-0.1, -0.05) is 42.5 Å². The van der Waals surface area contributed by atoms with E-state index in [9.17, 15) is 4.79 Å². The summed E-state index contributed by atoms with van der Waals surface area (Å²) in [4.78, 5) is 10.4. The van der Waals surface area contributed by atoms with E-state index in [-0.39, 0.29) is 18.8 Å². The number of carboxylic acid groups (broad SMARTS) is 1. The molecule has 0 spiro atoms. The molecule has 0 amide bonds. The van der Waals surface area contributed by atoms with Crippen LogP contribution in [0.25, 0.3) is 0 Å². The number of carbonyl (C=O) groups is 1. The SMILES string of the molecule is N[C@@H](Cc1ccc(O)cc1)C(=O)O.OCCCc1ccccc1. The first-order chi connectivity index (χ1) is 11.0. The number of rotatable bonds is 6. The number of hydrogen-bond donors (Lipinski definition) is 4. The lowest BCUT2D eigenvalue weighted by Gasteiger charge is -2.05. The Morgan fingerprint density at radius 3 is 2.13 bits per heavy atom. The number of benzene rings is 2. The zero-order valence-electron chi connectivity index (χ0n) is 12.9. The van der Waals surface area contributed by atoms with Gasteiger partial charge in [0.25, 0.3) is 0 Å². The van der Waals surface area contributed by atoms with Gasteiger partial charge in [-0.2, -0.15) is 0 Å². The van der Waals surface area contributed by atoms with Crippen LogP contribution in [-0.4, -0.2) is 33.9 Å². The Balaban J connectivity index is 0.000000238. The molecular weight excluding hydrogens is 294 g/mol. The Morgan fingerprint density at radius 1 is 1.00 bits per heavy atom. The average Bonchev–Trinajstić information content (AvgIpc) is 2.56. The van der Waals surface area contributed by atoms with Gasteiger partial charge in [0.15, 0.2) is 0 Å². The molecular formula is C18H23NO4. The number of aliphatic hydroxyl groups is 1. The first-order valence-electron chi connectivity index (χ1n) is 7.44. The van der Waals surface area contributed by atoms with Crippen LogP contribution < -0.4 is 5.73 Å². The van der Waals surface area contributed by atoms with Crippen LogP contribution >= 0.6 is 0 Å². The predicted octanol–water partition coefficient (Wildman–Crippen LogP) is 1.96. The van der Waals surface area contributed by atoms with Crippen molar-refractivity contribution < 1.29 is 20.1 Å². The van der Waals surface area contributed by atoms with E-state index in [0.29, 0.717) is 0 Å². The lowest BCUT2D eigenvalue weighted by atomic mass is 10.1. The molecule has 0 unspecified atom stereocenters. The molecule has 5 heteroatoms. The largest absolute Gasteiger partial charge is 0.508 e. The molecule has 0 aromatic heterocycles. The van der Waals surface area contributed by atoms with Crippen LogP contribution in [0.4, 0.5) is 0 Å². The van der Waals surface area contributed by atoms with E-state index < -0.39 is 12.0 Å². The zero-order valence-corrected chi connectivity index (χ0v) is 12.9. The van der Waals surface area contributed by atoms with Gasteiger partial charge in [0.2, 0.25) is 0 Å². The number of nitrogens with two attached hydrogens (primary N) is 1. The summed E-state index contributed by atoms with van der Waals surface area (Å²) in [5.74, 6) is -0.860. The van der Waals surface area contributed by atoms with Gasteiger partial charge >= 0.3 is 5.97 Å². The van der Waals surface area contributed by atoms with Gasteiger partial charge in [0, 0.05) is 6.61 Å². The van der Waals surface area contributed by atoms with Gasteiger partial charge in [-0.3, -0.25) is 4.79 Å². The minimum atomic E-state index is -1.02. The van der Waals surface area contributed by atoms with Crippen molar-refractivity contribution in [1.29, 1.82) is 0 Å². The Bertz CT molecular complexity index is 569. The molecule has 0 aliphatic rings.